The maximum Gasteiger partial charge on any atom is 0.297 e. The van der Waals surface area contributed by atoms with Crippen LogP contribution in [0.15, 0.2) is 24.4 Å². The molecule has 0 saturated carbocycles. The topological polar surface area (TPSA) is 99.9 Å². The van der Waals surface area contributed by atoms with E-state index in [0.717, 1.165) is 10.7 Å². The van der Waals surface area contributed by atoms with Crippen LogP contribution >= 0.6 is 0 Å². The van der Waals surface area contributed by atoms with Gasteiger partial charge >= 0.3 is 0 Å². The van der Waals surface area contributed by atoms with Crippen molar-refractivity contribution in [1.29, 1.82) is 0 Å². The molecule has 0 amide bonds. The summed E-state index contributed by atoms with van der Waals surface area (Å²) in [6.45, 7) is 0. The number of aromatic nitrogens is 3. The number of hydrogen-bond donors (Lipinski definition) is 1. The number of para-hydroxylation sites is 1. The number of rotatable bonds is 2. The van der Waals surface area contributed by atoms with Crippen LogP contribution in [0.1, 0.15) is 0 Å². The number of halogens is 1. The van der Waals surface area contributed by atoms with Gasteiger partial charge in [0.25, 0.3) is 5.69 Å². The maximum absolute atomic E-state index is 13.5. The fourth-order valence-corrected chi connectivity index (χ4v) is 1.26. The minimum Gasteiger partial charge on any atom is -0.381 e. The van der Waals surface area contributed by atoms with Gasteiger partial charge in [-0.15, -0.1) is 5.10 Å². The van der Waals surface area contributed by atoms with E-state index in [2.05, 4.69) is 10.3 Å². The number of anilines is 1. The van der Waals surface area contributed by atoms with Gasteiger partial charge in [-0.05, 0) is 6.07 Å². The van der Waals surface area contributed by atoms with Crippen molar-refractivity contribution >= 4 is 11.5 Å². The molecule has 8 heteroatoms. The van der Waals surface area contributed by atoms with Crippen molar-refractivity contribution in [3.05, 3.63) is 40.3 Å². The number of nitrogens with two attached hydrogens (primary N) is 1. The third kappa shape index (κ3) is 1.56. The monoisotopic (exact) mass is 223 g/mol. The first-order chi connectivity index (χ1) is 7.59. The van der Waals surface area contributed by atoms with Crippen molar-refractivity contribution < 1.29 is 9.31 Å². The number of benzene rings is 1. The molecule has 7 nitrogen and oxygen atoms in total. The highest BCUT2D eigenvalue weighted by Crippen LogP contribution is 2.24. The molecule has 1 heterocycles. The molecule has 2 N–H and O–H groups in total. The SMILES string of the molecule is Nc1cn(-c2c(F)cccc2[N+](=O)[O-])nn1. The highest BCUT2D eigenvalue weighted by molar-refractivity contribution is 5.53. The zero-order valence-electron chi connectivity index (χ0n) is 7.87. The number of nitro benzene ring substituents is 1. The Labute approximate surface area is 88.4 Å². The van der Waals surface area contributed by atoms with Crippen molar-refractivity contribution in [2.75, 3.05) is 5.73 Å². The third-order valence-electron chi connectivity index (χ3n) is 1.90. The van der Waals surface area contributed by atoms with Gasteiger partial charge in [0.05, 0.1) is 11.1 Å². The summed E-state index contributed by atoms with van der Waals surface area (Å²) in [6, 6.07) is 3.52. The summed E-state index contributed by atoms with van der Waals surface area (Å²) in [5.41, 5.74) is 4.63. The highest BCUT2D eigenvalue weighted by atomic mass is 19.1. The molecule has 0 fully saturated rings. The van der Waals surface area contributed by atoms with E-state index in [1.165, 1.54) is 18.3 Å². The van der Waals surface area contributed by atoms with Crippen LogP contribution in [-0.4, -0.2) is 19.9 Å². The summed E-state index contributed by atoms with van der Waals surface area (Å²) in [6.07, 6.45) is 1.20. The second kappa shape index (κ2) is 3.57. The van der Waals surface area contributed by atoms with Crippen LogP contribution in [0.3, 0.4) is 0 Å². The van der Waals surface area contributed by atoms with Crippen molar-refractivity contribution in [2.24, 2.45) is 0 Å². The van der Waals surface area contributed by atoms with Crippen LogP contribution in [-0.2, 0) is 0 Å². The molecule has 2 aromatic rings. The summed E-state index contributed by atoms with van der Waals surface area (Å²) in [5, 5.41) is 17.6. The summed E-state index contributed by atoms with van der Waals surface area (Å²) in [4.78, 5) is 10.0. The van der Waals surface area contributed by atoms with Gasteiger partial charge in [0, 0.05) is 6.07 Å². The predicted octanol–water partition coefficient (Wildman–Crippen LogP) is 0.897. The molecule has 1 aromatic heterocycles. The van der Waals surface area contributed by atoms with Crippen LogP contribution in [0.4, 0.5) is 15.9 Å². The van der Waals surface area contributed by atoms with Gasteiger partial charge in [-0.25, -0.2) is 9.07 Å². The van der Waals surface area contributed by atoms with Crippen LogP contribution in [0.5, 0.6) is 0 Å². The summed E-state index contributed by atoms with van der Waals surface area (Å²) >= 11 is 0. The number of nitro groups is 1. The Hall–Kier alpha value is -2.51. The zero-order chi connectivity index (χ0) is 11.7. The second-order valence-electron chi connectivity index (χ2n) is 2.95. The van der Waals surface area contributed by atoms with E-state index >= 15 is 0 Å². The van der Waals surface area contributed by atoms with Crippen molar-refractivity contribution in [3.63, 3.8) is 0 Å². The summed E-state index contributed by atoms with van der Waals surface area (Å²) in [5.74, 6) is -0.711. The Morgan fingerprint density at radius 1 is 1.50 bits per heavy atom. The minimum atomic E-state index is -0.765. The van der Waals surface area contributed by atoms with E-state index in [-0.39, 0.29) is 11.5 Å². The molecule has 16 heavy (non-hydrogen) atoms. The molecule has 0 bridgehead atoms. The fraction of sp³-hybridized carbons (Fsp3) is 0. The quantitative estimate of drug-likeness (QED) is 0.602. The lowest BCUT2D eigenvalue weighted by Crippen LogP contribution is -2.03. The molecule has 0 aliphatic rings. The number of hydrogen-bond acceptors (Lipinski definition) is 5. The van der Waals surface area contributed by atoms with Crippen molar-refractivity contribution in [1.82, 2.24) is 15.0 Å². The van der Waals surface area contributed by atoms with Gasteiger partial charge in [-0.3, -0.25) is 10.1 Å². The predicted molar refractivity (Wildman–Crippen MR) is 52.4 cm³/mol. The Morgan fingerprint density at radius 3 is 2.81 bits per heavy atom. The zero-order valence-corrected chi connectivity index (χ0v) is 7.87. The summed E-state index contributed by atoms with van der Waals surface area (Å²) in [7, 11) is 0. The normalized spacial score (nSPS) is 10.3. The molecule has 2 rings (SSSR count). The van der Waals surface area contributed by atoms with E-state index in [4.69, 9.17) is 5.73 Å². The lowest BCUT2D eigenvalue weighted by molar-refractivity contribution is -0.384. The Morgan fingerprint density at radius 2 is 2.25 bits per heavy atom. The second-order valence-corrected chi connectivity index (χ2v) is 2.95. The smallest absolute Gasteiger partial charge is 0.297 e. The van der Waals surface area contributed by atoms with Crippen molar-refractivity contribution in [2.45, 2.75) is 0 Å². The van der Waals surface area contributed by atoms with E-state index in [1.54, 1.807) is 0 Å². The molecule has 0 radical (unpaired) electrons. The Balaban J connectivity index is 2.67. The molecule has 82 valence electrons. The van der Waals surface area contributed by atoms with E-state index in [9.17, 15) is 14.5 Å². The molecule has 0 aliphatic heterocycles. The number of nitrogens with zero attached hydrogens (tertiary/aromatic N) is 4. The Kier molecular flexibility index (Phi) is 2.24. The first kappa shape index (κ1) is 10.0. The lowest BCUT2D eigenvalue weighted by Gasteiger charge is -2.02. The van der Waals surface area contributed by atoms with Gasteiger partial charge in [0.2, 0.25) is 0 Å². The van der Waals surface area contributed by atoms with Crippen LogP contribution < -0.4 is 5.73 Å². The highest BCUT2D eigenvalue weighted by Gasteiger charge is 2.20. The first-order valence-corrected chi connectivity index (χ1v) is 4.20. The molecule has 1 aromatic carbocycles. The number of nitrogen functional groups attached to an aromatic ring is 1. The van der Waals surface area contributed by atoms with E-state index in [1.807, 2.05) is 0 Å². The Bertz CT molecular complexity index is 553. The first-order valence-electron chi connectivity index (χ1n) is 4.20. The van der Waals surface area contributed by atoms with Crippen molar-refractivity contribution in [3.8, 4) is 5.69 Å². The minimum absolute atomic E-state index is 0.0533. The standard InChI is InChI=1S/C8H6FN5O2/c9-5-2-1-3-6(14(15)16)8(5)13-4-7(10)11-12-13/h1-4H,10H2. The average Bonchev–Trinajstić information content (AvgIpc) is 2.64. The molecule has 0 atom stereocenters. The largest absolute Gasteiger partial charge is 0.381 e. The molecule has 0 aliphatic carbocycles. The van der Waals surface area contributed by atoms with Gasteiger partial charge < -0.3 is 5.73 Å². The van der Waals surface area contributed by atoms with Crippen LogP contribution in [0, 0.1) is 15.9 Å². The van der Waals surface area contributed by atoms with Crippen LogP contribution in [0.2, 0.25) is 0 Å². The molecule has 0 spiro atoms. The van der Waals surface area contributed by atoms with E-state index < -0.39 is 16.4 Å². The fourth-order valence-electron chi connectivity index (χ4n) is 1.26. The molecular formula is C8H6FN5O2. The van der Waals surface area contributed by atoms with Gasteiger partial charge in [0.15, 0.2) is 17.3 Å². The van der Waals surface area contributed by atoms with Gasteiger partial charge in [-0.1, -0.05) is 11.3 Å². The summed E-state index contributed by atoms with van der Waals surface area (Å²) < 4.78 is 14.4. The van der Waals surface area contributed by atoms with Gasteiger partial charge in [0.1, 0.15) is 0 Å². The lowest BCUT2D eigenvalue weighted by atomic mass is 10.2. The van der Waals surface area contributed by atoms with E-state index in [0.29, 0.717) is 0 Å². The molecule has 0 unspecified atom stereocenters. The van der Waals surface area contributed by atoms with Crippen LogP contribution in [0.25, 0.3) is 5.69 Å². The molecular weight excluding hydrogens is 217 g/mol. The average molecular weight is 223 g/mol. The molecule has 0 saturated heterocycles. The third-order valence-corrected chi connectivity index (χ3v) is 1.90. The maximum atomic E-state index is 13.5. The van der Waals surface area contributed by atoms with Gasteiger partial charge in [-0.2, -0.15) is 0 Å².